The topological polar surface area (TPSA) is 118 Å². The van der Waals surface area contributed by atoms with Crippen LogP contribution in [-0.2, 0) is 10.8 Å². The zero-order valence-electron chi connectivity index (χ0n) is 14.5. The van der Waals surface area contributed by atoms with Gasteiger partial charge < -0.3 is 10.6 Å². The Kier molecular flexibility index (Phi) is 8.10. The molecule has 0 atom stereocenters. The molecule has 0 saturated carbocycles. The number of rotatable bonds is 4. The average Bonchev–Trinajstić information content (AvgIpc) is 2.55. The summed E-state index contributed by atoms with van der Waals surface area (Å²) in [6, 6.07) is 11.5. The molecule has 0 aliphatic heterocycles. The van der Waals surface area contributed by atoms with Gasteiger partial charge in [-0.3, -0.25) is 19.1 Å². The molecule has 0 spiro atoms. The predicted molar refractivity (Wildman–Crippen MR) is 102 cm³/mol. The quantitative estimate of drug-likeness (QED) is 0.481. The molecule has 0 unspecified atom stereocenters. The van der Waals surface area contributed by atoms with Crippen molar-refractivity contribution in [1.29, 1.82) is 0 Å². The van der Waals surface area contributed by atoms with Crippen LogP contribution in [0.15, 0.2) is 48.5 Å². The minimum atomic E-state index is -0.611. The van der Waals surface area contributed by atoms with Crippen molar-refractivity contribution < 1.29 is 18.7 Å². The normalized spacial score (nSPS) is 9.69. The second-order valence-electron chi connectivity index (χ2n) is 5.26. The highest BCUT2D eigenvalue weighted by Gasteiger charge is 2.07. The van der Waals surface area contributed by atoms with Gasteiger partial charge in [0.05, 0.1) is 4.92 Å². The van der Waals surface area contributed by atoms with Crippen LogP contribution in [0.5, 0.6) is 0 Å². The maximum atomic E-state index is 11.8. The van der Waals surface area contributed by atoms with Crippen LogP contribution in [0.2, 0.25) is 0 Å². The number of carbonyl (C=O) groups excluding carboxylic acids is 2. The van der Waals surface area contributed by atoms with Crippen LogP contribution in [0.3, 0.4) is 0 Å². The molecular formula is C17H19N3O5S. The van der Waals surface area contributed by atoms with Crippen LogP contribution in [0, 0.1) is 10.1 Å². The molecule has 2 amide bonds. The van der Waals surface area contributed by atoms with Crippen molar-refractivity contribution in [2.75, 3.05) is 23.1 Å². The van der Waals surface area contributed by atoms with Gasteiger partial charge in [-0.15, -0.1) is 0 Å². The fourth-order valence-corrected chi connectivity index (χ4v) is 1.75. The fourth-order valence-electron chi connectivity index (χ4n) is 1.75. The van der Waals surface area contributed by atoms with Crippen molar-refractivity contribution in [3.8, 4) is 0 Å². The number of carbonyl (C=O) groups is 2. The smallest absolute Gasteiger partial charge is 0.308 e. The molecule has 0 fully saturated rings. The number of nitrogens with zero attached hydrogens (tertiary/aromatic N) is 1. The van der Waals surface area contributed by atoms with Crippen LogP contribution >= 0.6 is 0 Å². The first-order valence-electron chi connectivity index (χ1n) is 7.37. The minimum Gasteiger partial charge on any atom is -0.308 e. The second-order valence-corrected chi connectivity index (χ2v) is 6.74. The van der Waals surface area contributed by atoms with Gasteiger partial charge in [0.25, 0.3) is 5.69 Å². The van der Waals surface area contributed by atoms with E-state index in [-0.39, 0.29) is 11.5 Å². The van der Waals surface area contributed by atoms with Crippen LogP contribution in [0.1, 0.15) is 17.3 Å². The highest BCUT2D eigenvalue weighted by Crippen LogP contribution is 2.16. The Bertz CT molecular complexity index is 739. The standard InChI is InChI=1S/C15H13N3O4.C2H6OS/c1-10(19)11-2-4-12(5-3-11)16-15(20)17-13-6-8-14(9-7-13)18(21)22;1-4(2)3/h2-9H,1H3,(H2,16,17,20);1-2H3. The van der Waals surface area contributed by atoms with Crippen molar-refractivity contribution in [3.05, 3.63) is 64.2 Å². The number of hydrogen-bond donors (Lipinski definition) is 2. The number of ketones is 1. The van der Waals surface area contributed by atoms with Crippen molar-refractivity contribution in [2.24, 2.45) is 0 Å². The summed E-state index contributed by atoms with van der Waals surface area (Å²) in [5.41, 5.74) is 1.47. The highest BCUT2D eigenvalue weighted by molar-refractivity contribution is 7.83. The number of hydrogen-bond acceptors (Lipinski definition) is 5. The van der Waals surface area contributed by atoms with Crippen LogP contribution in [0.25, 0.3) is 0 Å². The van der Waals surface area contributed by atoms with E-state index in [1.807, 2.05) is 0 Å². The largest absolute Gasteiger partial charge is 0.323 e. The van der Waals surface area contributed by atoms with E-state index < -0.39 is 21.8 Å². The summed E-state index contributed by atoms with van der Waals surface area (Å²) in [7, 11) is -0.611. The highest BCUT2D eigenvalue weighted by atomic mass is 32.2. The number of non-ortho nitro benzene ring substituents is 1. The fraction of sp³-hybridized carbons (Fsp3) is 0.176. The molecule has 2 N–H and O–H groups in total. The molecule has 2 aromatic rings. The average molecular weight is 377 g/mol. The van der Waals surface area contributed by atoms with Gasteiger partial charge in [0, 0.05) is 52.4 Å². The summed E-state index contributed by atoms with van der Waals surface area (Å²) in [4.78, 5) is 33.0. The Balaban J connectivity index is 0.000000765. The molecule has 0 heterocycles. The summed E-state index contributed by atoms with van der Waals surface area (Å²) in [5.74, 6) is -0.0538. The van der Waals surface area contributed by atoms with Gasteiger partial charge in [0.15, 0.2) is 5.78 Å². The van der Waals surface area contributed by atoms with Gasteiger partial charge in [0.1, 0.15) is 0 Å². The SMILES string of the molecule is CC(=O)c1ccc(NC(=O)Nc2ccc([N+](=O)[O-])cc2)cc1.CS(C)=O. The number of anilines is 2. The molecule has 26 heavy (non-hydrogen) atoms. The molecule has 0 saturated heterocycles. The Morgan fingerprint density at radius 1 is 0.923 bits per heavy atom. The van der Waals surface area contributed by atoms with Gasteiger partial charge in [-0.1, -0.05) is 0 Å². The van der Waals surface area contributed by atoms with E-state index in [0.29, 0.717) is 16.9 Å². The van der Waals surface area contributed by atoms with E-state index in [0.717, 1.165) is 0 Å². The van der Waals surface area contributed by atoms with Gasteiger partial charge in [-0.2, -0.15) is 0 Å². The van der Waals surface area contributed by atoms with Gasteiger partial charge in [-0.05, 0) is 43.3 Å². The van der Waals surface area contributed by atoms with Gasteiger partial charge in [-0.25, -0.2) is 4.79 Å². The molecule has 2 rings (SSSR count). The molecular weight excluding hydrogens is 358 g/mol. The second kappa shape index (κ2) is 10.0. The van der Waals surface area contributed by atoms with E-state index in [9.17, 15) is 23.9 Å². The minimum absolute atomic E-state index is 0.0502. The monoisotopic (exact) mass is 377 g/mol. The third-order valence-electron chi connectivity index (χ3n) is 2.89. The molecule has 9 heteroatoms. The van der Waals surface area contributed by atoms with E-state index in [4.69, 9.17) is 0 Å². The maximum Gasteiger partial charge on any atom is 0.323 e. The number of amides is 2. The lowest BCUT2D eigenvalue weighted by atomic mass is 10.1. The molecule has 0 radical (unpaired) electrons. The third-order valence-corrected chi connectivity index (χ3v) is 2.89. The first kappa shape index (κ1) is 21.0. The van der Waals surface area contributed by atoms with Crippen molar-refractivity contribution in [1.82, 2.24) is 0 Å². The van der Waals surface area contributed by atoms with E-state index >= 15 is 0 Å². The van der Waals surface area contributed by atoms with Crippen molar-refractivity contribution in [3.63, 3.8) is 0 Å². The lowest BCUT2D eigenvalue weighted by Crippen LogP contribution is -2.19. The number of benzene rings is 2. The third kappa shape index (κ3) is 7.67. The van der Waals surface area contributed by atoms with Gasteiger partial charge >= 0.3 is 6.03 Å². The van der Waals surface area contributed by atoms with Crippen molar-refractivity contribution in [2.45, 2.75) is 6.92 Å². The number of Topliss-reactive ketones (excluding diaryl/α,β-unsaturated/α-hetero) is 1. The Hall–Kier alpha value is -3.07. The molecule has 8 nitrogen and oxygen atoms in total. The maximum absolute atomic E-state index is 11.8. The zero-order chi connectivity index (χ0) is 19.7. The van der Waals surface area contributed by atoms with Gasteiger partial charge in [0.2, 0.25) is 0 Å². The number of urea groups is 1. The van der Waals surface area contributed by atoms with E-state index in [1.54, 1.807) is 36.8 Å². The molecule has 0 aromatic heterocycles. The number of nitro benzene ring substituents is 1. The van der Waals surface area contributed by atoms with E-state index in [1.165, 1.54) is 31.2 Å². The summed E-state index contributed by atoms with van der Waals surface area (Å²) in [6.07, 6.45) is 3.28. The molecule has 2 aromatic carbocycles. The summed E-state index contributed by atoms with van der Waals surface area (Å²) in [5, 5.41) is 15.7. The summed E-state index contributed by atoms with van der Waals surface area (Å²) >= 11 is 0. The number of nitro groups is 1. The van der Waals surface area contributed by atoms with Crippen molar-refractivity contribution >= 4 is 39.7 Å². The Morgan fingerprint density at radius 3 is 1.65 bits per heavy atom. The molecule has 138 valence electrons. The zero-order valence-corrected chi connectivity index (χ0v) is 15.3. The van der Waals surface area contributed by atoms with Crippen LogP contribution in [0.4, 0.5) is 21.9 Å². The predicted octanol–water partition coefficient (Wildman–Crippen LogP) is 3.44. The van der Waals surface area contributed by atoms with E-state index in [2.05, 4.69) is 10.6 Å². The Labute approximate surface area is 153 Å². The molecule has 0 aliphatic carbocycles. The summed E-state index contributed by atoms with van der Waals surface area (Å²) in [6.45, 7) is 1.46. The lowest BCUT2D eigenvalue weighted by molar-refractivity contribution is -0.384. The Morgan fingerprint density at radius 2 is 1.31 bits per heavy atom. The molecule has 0 aliphatic rings. The summed E-state index contributed by atoms with van der Waals surface area (Å²) < 4.78 is 9.56. The first-order chi connectivity index (χ1) is 12.2. The number of nitrogens with one attached hydrogen (secondary N) is 2. The first-order valence-corrected chi connectivity index (χ1v) is 9.34. The van der Waals surface area contributed by atoms with Crippen LogP contribution < -0.4 is 10.6 Å². The molecule has 0 bridgehead atoms. The lowest BCUT2D eigenvalue weighted by Gasteiger charge is -2.07. The van der Waals surface area contributed by atoms with Crippen LogP contribution in [-0.4, -0.2) is 33.5 Å².